The van der Waals surface area contributed by atoms with Gasteiger partial charge in [-0.25, -0.2) is 14.4 Å². The van der Waals surface area contributed by atoms with Gasteiger partial charge in [0.25, 0.3) is 5.91 Å². The van der Waals surface area contributed by atoms with E-state index in [9.17, 15) is 27.5 Å². The van der Waals surface area contributed by atoms with Gasteiger partial charge in [0.05, 0.1) is 34.4 Å². The number of nitrogens with zero attached hydrogens (tertiary/aromatic N) is 4. The number of aryl methyl sites for hydroxylation is 2. The number of aliphatic hydroxyl groups is 1. The van der Waals surface area contributed by atoms with Crippen molar-refractivity contribution in [1.29, 1.82) is 5.41 Å². The number of ether oxygens (including phenoxy) is 1. The van der Waals surface area contributed by atoms with Gasteiger partial charge >= 0.3 is 6.18 Å². The van der Waals surface area contributed by atoms with Gasteiger partial charge in [-0.3, -0.25) is 4.79 Å². The average molecular weight is 558 g/mol. The van der Waals surface area contributed by atoms with Crippen molar-refractivity contribution in [1.82, 2.24) is 19.8 Å². The molecule has 2 fully saturated rings. The quantitative estimate of drug-likeness (QED) is 0.522. The molecule has 0 saturated carbocycles. The number of amides is 1. The van der Waals surface area contributed by atoms with Crippen molar-refractivity contribution in [2.45, 2.75) is 51.0 Å². The fourth-order valence-corrected chi connectivity index (χ4v) is 4.75. The van der Waals surface area contributed by atoms with Crippen LogP contribution >= 0.6 is 11.6 Å². The number of likely N-dealkylation sites (tertiary alicyclic amines) is 2. The minimum atomic E-state index is -4.69. The monoisotopic (exact) mass is 557 g/mol. The molecule has 38 heavy (non-hydrogen) atoms. The zero-order valence-corrected chi connectivity index (χ0v) is 21.6. The summed E-state index contributed by atoms with van der Waals surface area (Å²) in [6.45, 7) is 3.67. The van der Waals surface area contributed by atoms with Crippen LogP contribution in [0.5, 0.6) is 5.75 Å². The number of piperidine rings is 1. The van der Waals surface area contributed by atoms with Crippen LogP contribution in [0.25, 0.3) is 0 Å². The highest BCUT2D eigenvalue weighted by atomic mass is 35.5. The predicted octanol–water partition coefficient (Wildman–Crippen LogP) is 3.91. The number of rotatable bonds is 6. The lowest BCUT2D eigenvalue weighted by Crippen LogP contribution is -2.46. The molecule has 8 nitrogen and oxygen atoms in total. The molecular formula is C25H28ClF4N5O3. The number of hydrogen-bond acceptors (Lipinski definition) is 7. The first-order valence-corrected chi connectivity index (χ1v) is 12.5. The van der Waals surface area contributed by atoms with E-state index in [4.69, 9.17) is 21.7 Å². The van der Waals surface area contributed by atoms with E-state index in [-0.39, 0.29) is 43.2 Å². The summed E-state index contributed by atoms with van der Waals surface area (Å²) in [6, 6.07) is 3.59. The smallest absolute Gasteiger partial charge is 0.415 e. The van der Waals surface area contributed by atoms with Gasteiger partial charge in [-0.1, -0.05) is 11.6 Å². The third-order valence-corrected chi connectivity index (χ3v) is 7.34. The number of aliphatic hydroxyl groups excluding tert-OH is 1. The Balaban J connectivity index is 1.44. The predicted molar refractivity (Wildman–Crippen MR) is 131 cm³/mol. The van der Waals surface area contributed by atoms with Crippen LogP contribution in [0, 0.1) is 25.1 Å². The summed E-state index contributed by atoms with van der Waals surface area (Å²) in [5.74, 6) is -1.11. The average Bonchev–Trinajstić information content (AvgIpc) is 3.24. The Kier molecular flexibility index (Phi) is 8.24. The molecule has 2 N–H and O–H groups in total. The van der Waals surface area contributed by atoms with Gasteiger partial charge in [0, 0.05) is 38.0 Å². The lowest BCUT2D eigenvalue weighted by Gasteiger charge is -2.33. The number of hydrogen-bond donors (Lipinski definition) is 2. The van der Waals surface area contributed by atoms with Crippen molar-refractivity contribution >= 4 is 23.2 Å². The minimum absolute atomic E-state index is 0.0354. The second-order valence-electron chi connectivity index (χ2n) is 9.65. The number of carbonyl (C=O) groups is 1. The van der Waals surface area contributed by atoms with Crippen LogP contribution < -0.4 is 4.74 Å². The second kappa shape index (κ2) is 11.1. The first-order valence-electron chi connectivity index (χ1n) is 12.1. The Morgan fingerprint density at radius 1 is 1.24 bits per heavy atom. The molecule has 4 rings (SSSR count). The molecule has 3 heterocycles. The molecule has 1 aromatic heterocycles. The maximum Gasteiger partial charge on any atom is 0.415 e. The van der Waals surface area contributed by atoms with Crippen molar-refractivity contribution < 1.29 is 32.2 Å². The molecule has 2 aliphatic rings. The molecule has 0 spiro atoms. The van der Waals surface area contributed by atoms with Crippen molar-refractivity contribution in [3.8, 4) is 5.75 Å². The maximum absolute atomic E-state index is 14.1. The lowest BCUT2D eigenvalue weighted by atomic mass is 10.1. The Morgan fingerprint density at radius 2 is 1.87 bits per heavy atom. The second-order valence-corrected chi connectivity index (χ2v) is 10.0. The number of β-amino-alcohol motifs (C(OH)–C–C–N with tert-alkyl or cyclic N) is 1. The highest BCUT2D eigenvalue weighted by molar-refractivity contribution is 6.31. The van der Waals surface area contributed by atoms with Crippen LogP contribution in [0.1, 0.15) is 46.3 Å². The number of benzene rings is 1. The summed E-state index contributed by atoms with van der Waals surface area (Å²) in [6.07, 6.45) is -6.87. The first kappa shape index (κ1) is 28.2. The molecule has 0 bridgehead atoms. The highest BCUT2D eigenvalue weighted by Crippen LogP contribution is 2.30. The zero-order valence-electron chi connectivity index (χ0n) is 20.9. The maximum atomic E-state index is 14.1. The standard InChI is InChI=1S/C25H28ClF4N5O3/c1-13-22(26)14(2)33-23(32-13)18-10-35(11-19(18)31)24(37)17-4-3-15(27)9-20(17)38-16-5-7-34(8-6-16)12-21(36)25(28,29)30/h3-4,9,16,18,21,31,36H,5-8,10-12H2,1-2H3. The van der Waals surface area contributed by atoms with E-state index < -0.39 is 42.6 Å². The molecular weight excluding hydrogens is 530 g/mol. The van der Waals surface area contributed by atoms with Crippen LogP contribution in [0.2, 0.25) is 5.02 Å². The summed E-state index contributed by atoms with van der Waals surface area (Å²) in [7, 11) is 0. The fourth-order valence-electron chi connectivity index (χ4n) is 4.67. The molecule has 1 amide bonds. The molecule has 1 aromatic carbocycles. The van der Waals surface area contributed by atoms with Crippen molar-refractivity contribution in [2.24, 2.45) is 0 Å². The Hall–Kier alpha value is -2.83. The van der Waals surface area contributed by atoms with Crippen LogP contribution in [-0.2, 0) is 0 Å². The summed E-state index contributed by atoms with van der Waals surface area (Å²) < 4.78 is 58.0. The van der Waals surface area contributed by atoms with Gasteiger partial charge < -0.3 is 25.1 Å². The zero-order chi connectivity index (χ0) is 27.8. The van der Waals surface area contributed by atoms with Gasteiger partial charge in [-0.2, -0.15) is 13.2 Å². The Morgan fingerprint density at radius 3 is 2.47 bits per heavy atom. The first-order chi connectivity index (χ1) is 17.8. The van der Waals surface area contributed by atoms with Gasteiger partial charge in [0.1, 0.15) is 23.5 Å². The van der Waals surface area contributed by atoms with E-state index in [1.54, 1.807) is 13.8 Å². The van der Waals surface area contributed by atoms with E-state index in [0.717, 1.165) is 12.1 Å². The summed E-state index contributed by atoms with van der Waals surface area (Å²) in [5, 5.41) is 18.2. The highest BCUT2D eigenvalue weighted by Gasteiger charge is 2.40. The van der Waals surface area contributed by atoms with Gasteiger partial charge in [0.2, 0.25) is 0 Å². The summed E-state index contributed by atoms with van der Waals surface area (Å²) in [5.41, 5.74) is 1.55. The van der Waals surface area contributed by atoms with E-state index >= 15 is 0 Å². The van der Waals surface area contributed by atoms with Gasteiger partial charge in [0.15, 0.2) is 6.10 Å². The van der Waals surface area contributed by atoms with Crippen molar-refractivity contribution in [2.75, 3.05) is 32.7 Å². The van der Waals surface area contributed by atoms with Crippen molar-refractivity contribution in [3.05, 3.63) is 51.8 Å². The minimum Gasteiger partial charge on any atom is -0.489 e. The van der Waals surface area contributed by atoms with E-state index in [1.165, 1.54) is 15.9 Å². The SMILES string of the molecule is Cc1nc(C2CN(C(=O)c3ccc(F)cc3OC3CCN(CC(O)C(F)(F)F)CC3)CC2=N)nc(C)c1Cl. The van der Waals surface area contributed by atoms with Gasteiger partial charge in [-0.15, -0.1) is 0 Å². The van der Waals surface area contributed by atoms with Crippen LogP contribution in [-0.4, -0.2) is 87.6 Å². The molecule has 2 atom stereocenters. The summed E-state index contributed by atoms with van der Waals surface area (Å²) in [4.78, 5) is 25.2. The van der Waals surface area contributed by atoms with E-state index in [1.807, 2.05) is 0 Å². The topological polar surface area (TPSA) is 103 Å². The number of halogens is 5. The normalized spacial score (nSPS) is 20.2. The van der Waals surface area contributed by atoms with Crippen LogP contribution in [0.4, 0.5) is 17.6 Å². The molecule has 0 radical (unpaired) electrons. The van der Waals surface area contributed by atoms with Crippen LogP contribution in [0.3, 0.4) is 0 Å². The van der Waals surface area contributed by atoms with E-state index in [2.05, 4.69) is 9.97 Å². The third kappa shape index (κ3) is 6.24. The molecule has 0 aliphatic carbocycles. The molecule has 2 aliphatic heterocycles. The summed E-state index contributed by atoms with van der Waals surface area (Å²) >= 11 is 6.16. The van der Waals surface area contributed by atoms with E-state index in [0.29, 0.717) is 35.1 Å². The molecule has 2 aromatic rings. The molecule has 2 saturated heterocycles. The van der Waals surface area contributed by atoms with Crippen molar-refractivity contribution in [3.63, 3.8) is 0 Å². The van der Waals surface area contributed by atoms with Gasteiger partial charge in [-0.05, 0) is 38.8 Å². The number of alkyl halides is 3. The molecule has 13 heteroatoms. The van der Waals surface area contributed by atoms with Crippen LogP contribution in [0.15, 0.2) is 18.2 Å². The lowest BCUT2D eigenvalue weighted by molar-refractivity contribution is -0.208. The number of aromatic nitrogens is 2. The fraction of sp³-hybridized carbons (Fsp3) is 0.520. The number of carbonyl (C=O) groups excluding carboxylic acids is 1. The number of nitrogens with one attached hydrogen (secondary N) is 1. The largest absolute Gasteiger partial charge is 0.489 e. The molecule has 2 unspecified atom stereocenters. The molecule has 206 valence electrons. The Labute approximate surface area is 222 Å². The third-order valence-electron chi connectivity index (χ3n) is 6.79. The Bertz CT molecular complexity index is 1200.